The Morgan fingerprint density at radius 3 is 1.56 bits per heavy atom. The van der Waals surface area contributed by atoms with Crippen molar-refractivity contribution in [3.8, 4) is 0 Å². The van der Waals surface area contributed by atoms with Crippen LogP contribution in [0, 0.1) is 0 Å². The highest BCUT2D eigenvalue weighted by Crippen LogP contribution is 2.53. The third kappa shape index (κ3) is 3.37. The van der Waals surface area contributed by atoms with Crippen LogP contribution in [-0.4, -0.2) is 10.8 Å². The number of aliphatic hydroxyl groups is 1. The zero-order chi connectivity index (χ0) is 17.7. The van der Waals surface area contributed by atoms with Crippen LogP contribution in [0.5, 0.6) is 0 Å². The molecule has 0 heterocycles. The molecular formula is C22H21O2P. The van der Waals surface area contributed by atoms with Gasteiger partial charge in [-0.05, 0) is 5.56 Å². The van der Waals surface area contributed by atoms with Gasteiger partial charge in [-0.15, -0.1) is 6.58 Å². The predicted octanol–water partition coefficient (Wildman–Crippen LogP) is 4.29. The van der Waals surface area contributed by atoms with E-state index in [4.69, 9.17) is 0 Å². The topological polar surface area (TPSA) is 37.3 Å². The second-order valence-corrected chi connectivity index (χ2v) is 8.86. The van der Waals surface area contributed by atoms with E-state index in [1.165, 1.54) is 0 Å². The van der Waals surface area contributed by atoms with Crippen molar-refractivity contribution in [2.24, 2.45) is 0 Å². The van der Waals surface area contributed by atoms with Crippen LogP contribution in [0.2, 0.25) is 0 Å². The van der Waals surface area contributed by atoms with Crippen molar-refractivity contribution in [2.75, 3.05) is 0 Å². The molecular weight excluding hydrogens is 327 g/mol. The molecule has 25 heavy (non-hydrogen) atoms. The lowest BCUT2D eigenvalue weighted by Gasteiger charge is -2.30. The summed E-state index contributed by atoms with van der Waals surface area (Å²) in [4.78, 5) is 0. The number of rotatable bonds is 6. The van der Waals surface area contributed by atoms with E-state index in [1.54, 1.807) is 6.08 Å². The minimum absolute atomic E-state index is 0.611. The van der Waals surface area contributed by atoms with Gasteiger partial charge in [0.15, 0.2) is 7.14 Å². The maximum atomic E-state index is 14.3. The van der Waals surface area contributed by atoms with E-state index in [1.807, 2.05) is 91.0 Å². The number of aliphatic hydroxyl groups excluding tert-OH is 1. The van der Waals surface area contributed by atoms with Gasteiger partial charge in [-0.3, -0.25) is 0 Å². The number of benzene rings is 3. The highest BCUT2D eigenvalue weighted by molar-refractivity contribution is 7.79. The van der Waals surface area contributed by atoms with Gasteiger partial charge in [-0.1, -0.05) is 97.1 Å². The third-order valence-electron chi connectivity index (χ3n) is 4.41. The minimum Gasteiger partial charge on any atom is -0.387 e. The molecule has 3 rings (SSSR count). The van der Waals surface area contributed by atoms with Crippen molar-refractivity contribution < 1.29 is 9.67 Å². The molecule has 0 radical (unpaired) electrons. The fourth-order valence-electron chi connectivity index (χ4n) is 3.12. The van der Waals surface area contributed by atoms with Crippen molar-refractivity contribution in [3.05, 3.63) is 109 Å². The van der Waals surface area contributed by atoms with E-state index in [-0.39, 0.29) is 0 Å². The summed E-state index contributed by atoms with van der Waals surface area (Å²) in [5.74, 6) is 0. The monoisotopic (exact) mass is 348 g/mol. The molecule has 1 N–H and O–H groups in total. The Bertz CT molecular complexity index is 817. The Balaban J connectivity index is 2.17. The first kappa shape index (κ1) is 17.4. The summed E-state index contributed by atoms with van der Waals surface area (Å²) >= 11 is 0. The lowest BCUT2D eigenvalue weighted by Crippen LogP contribution is -2.29. The second-order valence-electron chi connectivity index (χ2n) is 5.91. The fourth-order valence-corrected chi connectivity index (χ4v) is 6.20. The molecule has 0 aromatic heterocycles. The summed E-state index contributed by atoms with van der Waals surface area (Å²) in [6, 6.07) is 28.1. The molecule has 2 nitrogen and oxygen atoms in total. The average Bonchev–Trinajstić information content (AvgIpc) is 2.70. The Labute approximate surface area is 148 Å². The van der Waals surface area contributed by atoms with E-state index in [0.717, 1.165) is 16.2 Å². The molecule has 0 aliphatic carbocycles. The first-order chi connectivity index (χ1) is 12.2. The van der Waals surface area contributed by atoms with Crippen LogP contribution in [0.25, 0.3) is 0 Å². The molecule has 2 atom stereocenters. The van der Waals surface area contributed by atoms with Crippen LogP contribution < -0.4 is 10.6 Å². The van der Waals surface area contributed by atoms with Crippen LogP contribution in [-0.2, 0) is 4.57 Å². The van der Waals surface area contributed by atoms with Crippen LogP contribution in [0.4, 0.5) is 0 Å². The minimum atomic E-state index is -3.12. The van der Waals surface area contributed by atoms with Crippen LogP contribution in [0.15, 0.2) is 104 Å². The fraction of sp³-hybridized carbons (Fsp3) is 0.0909. The normalized spacial score (nSPS) is 13.8. The van der Waals surface area contributed by atoms with E-state index in [0.29, 0.717) is 0 Å². The van der Waals surface area contributed by atoms with Crippen molar-refractivity contribution >= 4 is 17.8 Å². The Hall–Kier alpha value is -2.41. The van der Waals surface area contributed by atoms with Crippen LogP contribution >= 0.6 is 7.14 Å². The third-order valence-corrected chi connectivity index (χ3v) is 7.87. The van der Waals surface area contributed by atoms with Gasteiger partial charge in [0.1, 0.15) is 0 Å². The Kier molecular flexibility index (Phi) is 5.33. The Morgan fingerprint density at radius 1 is 0.760 bits per heavy atom. The van der Waals surface area contributed by atoms with E-state index in [9.17, 15) is 9.67 Å². The van der Waals surface area contributed by atoms with Gasteiger partial charge in [-0.2, -0.15) is 0 Å². The molecule has 3 heteroatoms. The maximum Gasteiger partial charge on any atom is 0.152 e. The lowest BCUT2D eigenvalue weighted by atomic mass is 10.1. The Morgan fingerprint density at radius 2 is 1.16 bits per heavy atom. The first-order valence-electron chi connectivity index (χ1n) is 8.24. The molecule has 0 saturated carbocycles. The van der Waals surface area contributed by atoms with Gasteiger partial charge in [0.25, 0.3) is 0 Å². The first-order valence-corrected chi connectivity index (χ1v) is 10.0. The zero-order valence-electron chi connectivity index (χ0n) is 13.9. The number of hydrogen-bond donors (Lipinski definition) is 1. The van der Waals surface area contributed by atoms with Gasteiger partial charge in [-0.25, -0.2) is 0 Å². The van der Waals surface area contributed by atoms with Gasteiger partial charge < -0.3 is 9.67 Å². The maximum absolute atomic E-state index is 14.3. The molecule has 0 spiro atoms. The summed E-state index contributed by atoms with van der Waals surface area (Å²) in [5.41, 5.74) is 0.124. The standard InChI is InChI=1S/C22H21O2P/c1-2-21(22(23)18-12-6-3-7-13-18)25(24,19-14-8-4-9-15-19)20-16-10-5-11-17-20/h2-17,21-23H,1H2/t21-,22-/m1/s1. The molecule has 0 amide bonds. The van der Waals surface area contributed by atoms with E-state index in [2.05, 4.69) is 6.58 Å². The summed E-state index contributed by atoms with van der Waals surface area (Å²) in [5, 5.41) is 12.4. The summed E-state index contributed by atoms with van der Waals surface area (Å²) in [7, 11) is -3.12. The molecule has 0 aliphatic heterocycles. The van der Waals surface area contributed by atoms with Crippen molar-refractivity contribution in [2.45, 2.75) is 11.8 Å². The predicted molar refractivity (Wildman–Crippen MR) is 105 cm³/mol. The van der Waals surface area contributed by atoms with Gasteiger partial charge in [0.05, 0.1) is 11.8 Å². The molecule has 126 valence electrons. The lowest BCUT2D eigenvalue weighted by molar-refractivity contribution is 0.184. The van der Waals surface area contributed by atoms with Crippen molar-refractivity contribution in [1.82, 2.24) is 0 Å². The zero-order valence-corrected chi connectivity index (χ0v) is 14.8. The van der Waals surface area contributed by atoms with Gasteiger partial charge in [0.2, 0.25) is 0 Å². The van der Waals surface area contributed by atoms with Crippen molar-refractivity contribution in [3.63, 3.8) is 0 Å². The quantitative estimate of drug-likeness (QED) is 0.533. The molecule has 0 saturated heterocycles. The van der Waals surface area contributed by atoms with Crippen LogP contribution in [0.1, 0.15) is 11.7 Å². The SMILES string of the molecule is C=C[C@H]([C@H](O)c1ccccc1)P(=O)(c1ccccc1)c1ccccc1. The van der Waals surface area contributed by atoms with Gasteiger partial charge in [0, 0.05) is 10.6 Å². The highest BCUT2D eigenvalue weighted by Gasteiger charge is 2.39. The molecule has 0 bridgehead atoms. The smallest absolute Gasteiger partial charge is 0.152 e. The summed E-state index contributed by atoms with van der Waals surface area (Å²) < 4.78 is 14.3. The summed E-state index contributed by atoms with van der Waals surface area (Å²) in [6.07, 6.45) is 0.725. The molecule has 0 unspecified atom stereocenters. The molecule has 0 fully saturated rings. The largest absolute Gasteiger partial charge is 0.387 e. The summed E-state index contributed by atoms with van der Waals surface area (Å²) in [6.45, 7) is 3.89. The molecule has 0 aliphatic rings. The van der Waals surface area contributed by atoms with E-state index < -0.39 is 18.9 Å². The average molecular weight is 348 g/mol. The second kappa shape index (κ2) is 7.65. The molecule has 3 aromatic rings. The van der Waals surface area contributed by atoms with Crippen molar-refractivity contribution in [1.29, 1.82) is 0 Å². The van der Waals surface area contributed by atoms with Crippen LogP contribution in [0.3, 0.4) is 0 Å². The van der Waals surface area contributed by atoms with E-state index >= 15 is 0 Å². The highest BCUT2D eigenvalue weighted by atomic mass is 31.2. The van der Waals surface area contributed by atoms with Gasteiger partial charge >= 0.3 is 0 Å². The molecule has 3 aromatic carbocycles. The number of hydrogen-bond acceptors (Lipinski definition) is 2.